The number of likely N-dealkylation sites (tertiary alicyclic amines) is 1. The van der Waals surface area contributed by atoms with E-state index in [1.807, 2.05) is 12.1 Å². The minimum atomic E-state index is -0.178. The molecule has 0 spiro atoms. The van der Waals surface area contributed by atoms with Crippen LogP contribution in [-0.2, 0) is 0 Å². The van der Waals surface area contributed by atoms with E-state index in [4.69, 9.17) is 0 Å². The zero-order valence-corrected chi connectivity index (χ0v) is 9.58. The van der Waals surface area contributed by atoms with Crippen LogP contribution in [0, 0.1) is 5.82 Å². The van der Waals surface area contributed by atoms with Crippen molar-refractivity contribution in [3.05, 3.63) is 35.6 Å². The summed E-state index contributed by atoms with van der Waals surface area (Å²) in [5.74, 6) is -0.178. The fraction of sp³-hybridized carbons (Fsp3) is 0.364. The fourth-order valence-corrected chi connectivity index (χ4v) is 2.36. The quantitative estimate of drug-likeness (QED) is 0.726. The summed E-state index contributed by atoms with van der Waals surface area (Å²) < 4.78 is 13.8. The molecule has 0 unspecified atom stereocenters. The van der Waals surface area contributed by atoms with Crippen LogP contribution in [0.3, 0.4) is 0 Å². The number of hydrogen-bond acceptors (Lipinski definition) is 1. The van der Waals surface area contributed by atoms with Gasteiger partial charge in [0, 0.05) is 0 Å². The molecule has 74 valence electrons. The molecule has 1 aliphatic heterocycles. The molecule has 1 aromatic rings. The molecule has 1 nitrogen and oxygen atoms in total. The van der Waals surface area contributed by atoms with Gasteiger partial charge in [0.05, 0.1) is 0 Å². The van der Waals surface area contributed by atoms with Crippen LogP contribution in [0.25, 0.3) is 0 Å². The molecular formula is C11H12FNSe. The molecular weight excluding hydrogens is 244 g/mol. The van der Waals surface area contributed by atoms with E-state index >= 15 is 0 Å². The first-order valence-corrected chi connectivity index (χ1v) is 5.68. The van der Waals surface area contributed by atoms with Crippen molar-refractivity contribution < 1.29 is 4.39 Å². The maximum absolute atomic E-state index is 12.7. The third-order valence-corrected chi connectivity index (χ3v) is 3.52. The normalized spacial score (nSPS) is 15.9. The Balaban J connectivity index is 2.14. The number of nitrogens with zero attached hydrogens (tertiary/aromatic N) is 1. The van der Waals surface area contributed by atoms with Crippen molar-refractivity contribution >= 4 is 20.1 Å². The first kappa shape index (κ1) is 9.88. The summed E-state index contributed by atoms with van der Waals surface area (Å²) in [6.07, 6.45) is 2.51. The Morgan fingerprint density at radius 3 is 2.29 bits per heavy atom. The topological polar surface area (TPSA) is 3.24 Å². The molecule has 0 amide bonds. The van der Waals surface area contributed by atoms with Crippen LogP contribution in [-0.4, -0.2) is 38.1 Å². The standard InChI is InChI=1S/C11H12FNSe/c12-10-5-3-9(4-6-10)11(14)13-7-1-2-8-13/h3-6H,1-2,7-8H2. The summed E-state index contributed by atoms with van der Waals surface area (Å²) in [6.45, 7) is 2.22. The zero-order valence-electron chi connectivity index (χ0n) is 7.87. The van der Waals surface area contributed by atoms with E-state index in [9.17, 15) is 4.39 Å². The summed E-state index contributed by atoms with van der Waals surface area (Å²) in [4.78, 5) is 2.31. The van der Waals surface area contributed by atoms with Gasteiger partial charge < -0.3 is 0 Å². The molecule has 3 heteroatoms. The van der Waals surface area contributed by atoms with E-state index in [0.717, 1.165) is 23.2 Å². The molecule has 0 bridgehead atoms. The van der Waals surface area contributed by atoms with Crippen molar-refractivity contribution in [1.82, 2.24) is 4.90 Å². The van der Waals surface area contributed by atoms with Crippen LogP contribution >= 0.6 is 0 Å². The molecule has 0 atom stereocenters. The number of rotatable bonds is 2. The number of hydrogen-bond donors (Lipinski definition) is 0. The van der Waals surface area contributed by atoms with Crippen molar-refractivity contribution in [3.8, 4) is 0 Å². The van der Waals surface area contributed by atoms with Crippen LogP contribution in [0.4, 0.5) is 4.39 Å². The molecule has 1 fully saturated rings. The van der Waals surface area contributed by atoms with Gasteiger partial charge in [0.1, 0.15) is 0 Å². The van der Waals surface area contributed by atoms with Gasteiger partial charge in [0.25, 0.3) is 0 Å². The Morgan fingerprint density at radius 1 is 1.14 bits per heavy atom. The van der Waals surface area contributed by atoms with Crippen LogP contribution in [0.2, 0.25) is 0 Å². The van der Waals surface area contributed by atoms with Crippen LogP contribution in [0.1, 0.15) is 18.4 Å². The van der Waals surface area contributed by atoms with E-state index in [1.165, 1.54) is 25.0 Å². The van der Waals surface area contributed by atoms with Gasteiger partial charge in [-0.15, -0.1) is 0 Å². The van der Waals surface area contributed by atoms with Gasteiger partial charge in [0.15, 0.2) is 0 Å². The molecule has 0 aliphatic carbocycles. The third kappa shape index (κ3) is 2.05. The first-order valence-electron chi connectivity index (χ1n) is 4.82. The Bertz CT molecular complexity index is 328. The average molecular weight is 256 g/mol. The fourth-order valence-electron chi connectivity index (χ4n) is 1.70. The van der Waals surface area contributed by atoms with Gasteiger partial charge in [-0.05, 0) is 0 Å². The Labute approximate surface area is 91.3 Å². The van der Waals surface area contributed by atoms with E-state index in [2.05, 4.69) is 20.5 Å². The molecule has 2 rings (SSSR count). The summed E-state index contributed by atoms with van der Waals surface area (Å²) in [6, 6.07) is 6.64. The molecule has 0 radical (unpaired) electrons. The molecule has 0 aromatic heterocycles. The van der Waals surface area contributed by atoms with E-state index in [-0.39, 0.29) is 5.82 Å². The molecule has 14 heavy (non-hydrogen) atoms. The summed E-state index contributed by atoms with van der Waals surface area (Å²) in [5.41, 5.74) is 1.08. The predicted octanol–water partition coefficient (Wildman–Crippen LogP) is 1.57. The second kappa shape index (κ2) is 4.24. The van der Waals surface area contributed by atoms with Crippen molar-refractivity contribution in [2.24, 2.45) is 0 Å². The Morgan fingerprint density at radius 2 is 1.71 bits per heavy atom. The SMILES string of the molecule is Fc1ccc(C(=[Se])N2CCCC2)cc1. The molecule has 1 saturated heterocycles. The van der Waals surface area contributed by atoms with Gasteiger partial charge in [-0.2, -0.15) is 0 Å². The molecule has 1 aliphatic rings. The summed E-state index contributed by atoms with van der Waals surface area (Å²) in [5, 5.41) is 0. The average Bonchev–Trinajstić information content (AvgIpc) is 2.71. The van der Waals surface area contributed by atoms with E-state index in [1.54, 1.807) is 0 Å². The van der Waals surface area contributed by atoms with Crippen molar-refractivity contribution in [2.45, 2.75) is 12.8 Å². The van der Waals surface area contributed by atoms with E-state index < -0.39 is 0 Å². The van der Waals surface area contributed by atoms with Crippen molar-refractivity contribution in [3.63, 3.8) is 0 Å². The van der Waals surface area contributed by atoms with Gasteiger partial charge in [-0.3, -0.25) is 0 Å². The second-order valence-corrected chi connectivity index (χ2v) is 4.32. The zero-order chi connectivity index (χ0) is 9.97. The molecule has 0 saturated carbocycles. The first-order chi connectivity index (χ1) is 6.77. The van der Waals surface area contributed by atoms with Crippen molar-refractivity contribution in [2.75, 3.05) is 13.1 Å². The second-order valence-electron chi connectivity index (χ2n) is 3.51. The maximum atomic E-state index is 12.7. The van der Waals surface area contributed by atoms with Crippen LogP contribution in [0.5, 0.6) is 0 Å². The molecule has 1 heterocycles. The van der Waals surface area contributed by atoms with E-state index in [0.29, 0.717) is 0 Å². The summed E-state index contributed by atoms with van der Waals surface area (Å²) >= 11 is 3.07. The Hall–Kier alpha value is -0.661. The number of halogens is 1. The molecule has 0 N–H and O–H groups in total. The minimum absolute atomic E-state index is 0.178. The monoisotopic (exact) mass is 257 g/mol. The van der Waals surface area contributed by atoms with Gasteiger partial charge >= 0.3 is 91.0 Å². The Kier molecular flexibility index (Phi) is 2.99. The molecule has 1 aromatic carbocycles. The van der Waals surface area contributed by atoms with Gasteiger partial charge in [-0.1, -0.05) is 0 Å². The third-order valence-electron chi connectivity index (χ3n) is 2.48. The van der Waals surface area contributed by atoms with Crippen molar-refractivity contribution in [1.29, 1.82) is 0 Å². The van der Waals surface area contributed by atoms with Gasteiger partial charge in [-0.25, -0.2) is 0 Å². The van der Waals surface area contributed by atoms with Crippen LogP contribution in [0.15, 0.2) is 24.3 Å². The summed E-state index contributed by atoms with van der Waals surface area (Å²) in [7, 11) is 0. The number of benzene rings is 1. The predicted molar refractivity (Wildman–Crippen MR) is 57.1 cm³/mol. The van der Waals surface area contributed by atoms with Crippen LogP contribution < -0.4 is 0 Å². The van der Waals surface area contributed by atoms with Gasteiger partial charge in [0.2, 0.25) is 0 Å².